The first-order chi connectivity index (χ1) is 10.2. The maximum atomic E-state index is 7.59. The molecule has 0 bridgehead atoms. The van der Waals surface area contributed by atoms with Gasteiger partial charge in [0.1, 0.15) is 5.84 Å². The Kier molecular flexibility index (Phi) is 3.42. The summed E-state index contributed by atoms with van der Waals surface area (Å²) in [7, 11) is 0. The summed E-state index contributed by atoms with van der Waals surface area (Å²) in [5.41, 5.74) is 8.08. The average molecular weight is 278 g/mol. The van der Waals surface area contributed by atoms with Gasteiger partial charge in [-0.15, -0.1) is 10.2 Å². The number of hydrogen-bond donors (Lipinski definition) is 2. The SMILES string of the molecule is N=C(N)c1ccccc1Cn1nnc(-c2ccccc2)n1. The molecule has 104 valence electrons. The van der Waals surface area contributed by atoms with Gasteiger partial charge < -0.3 is 5.73 Å². The minimum atomic E-state index is 0.0361. The lowest BCUT2D eigenvalue weighted by atomic mass is 10.1. The number of amidine groups is 1. The van der Waals surface area contributed by atoms with E-state index in [1.165, 1.54) is 4.80 Å². The van der Waals surface area contributed by atoms with E-state index in [0.29, 0.717) is 17.9 Å². The van der Waals surface area contributed by atoms with E-state index in [0.717, 1.165) is 11.1 Å². The van der Waals surface area contributed by atoms with E-state index in [4.69, 9.17) is 11.1 Å². The standard InChI is InChI=1S/C15H14N6/c16-14(17)13-9-5-4-8-12(13)10-21-19-15(18-20-21)11-6-2-1-3-7-11/h1-9H,10H2,(H3,16,17). The van der Waals surface area contributed by atoms with Crippen molar-refractivity contribution in [3.8, 4) is 11.4 Å². The number of nitrogens with zero attached hydrogens (tertiary/aromatic N) is 4. The monoisotopic (exact) mass is 278 g/mol. The van der Waals surface area contributed by atoms with Gasteiger partial charge in [0, 0.05) is 11.1 Å². The van der Waals surface area contributed by atoms with Crippen LogP contribution in [-0.4, -0.2) is 26.0 Å². The Morgan fingerprint density at radius 1 is 1.05 bits per heavy atom. The van der Waals surface area contributed by atoms with E-state index in [2.05, 4.69) is 15.4 Å². The molecule has 0 fully saturated rings. The van der Waals surface area contributed by atoms with Crippen LogP contribution in [0.1, 0.15) is 11.1 Å². The predicted molar refractivity (Wildman–Crippen MR) is 79.8 cm³/mol. The molecule has 0 aliphatic rings. The van der Waals surface area contributed by atoms with Crippen molar-refractivity contribution >= 4 is 5.84 Å². The second-order valence-corrected chi connectivity index (χ2v) is 4.58. The molecule has 3 aromatic rings. The zero-order chi connectivity index (χ0) is 14.7. The molecular weight excluding hydrogens is 264 g/mol. The third-order valence-electron chi connectivity index (χ3n) is 3.10. The van der Waals surface area contributed by atoms with Gasteiger partial charge in [-0.05, 0) is 10.8 Å². The van der Waals surface area contributed by atoms with E-state index < -0.39 is 0 Å². The van der Waals surface area contributed by atoms with E-state index in [-0.39, 0.29) is 5.84 Å². The molecule has 1 aromatic heterocycles. The van der Waals surface area contributed by atoms with Crippen molar-refractivity contribution < 1.29 is 0 Å². The van der Waals surface area contributed by atoms with Crippen LogP contribution in [0.4, 0.5) is 0 Å². The van der Waals surface area contributed by atoms with Gasteiger partial charge in [0.25, 0.3) is 0 Å². The highest BCUT2D eigenvalue weighted by Crippen LogP contribution is 2.13. The molecular formula is C15H14N6. The normalized spacial score (nSPS) is 10.5. The second-order valence-electron chi connectivity index (χ2n) is 4.58. The number of nitrogen functional groups attached to an aromatic ring is 1. The van der Waals surface area contributed by atoms with Crippen LogP contribution < -0.4 is 5.73 Å². The van der Waals surface area contributed by atoms with Gasteiger partial charge in [0.15, 0.2) is 0 Å². The Bertz CT molecular complexity index is 763. The fraction of sp³-hybridized carbons (Fsp3) is 0.0667. The predicted octanol–water partition coefficient (Wildman–Crippen LogP) is 1.67. The molecule has 6 heteroatoms. The van der Waals surface area contributed by atoms with Gasteiger partial charge >= 0.3 is 0 Å². The molecule has 0 saturated carbocycles. The Morgan fingerprint density at radius 3 is 2.52 bits per heavy atom. The number of benzene rings is 2. The Hall–Kier alpha value is -3.02. The van der Waals surface area contributed by atoms with Crippen LogP contribution in [0.3, 0.4) is 0 Å². The smallest absolute Gasteiger partial charge is 0.204 e. The largest absolute Gasteiger partial charge is 0.384 e. The molecule has 3 N–H and O–H groups in total. The van der Waals surface area contributed by atoms with Gasteiger partial charge in [-0.2, -0.15) is 4.80 Å². The van der Waals surface area contributed by atoms with Crippen molar-refractivity contribution in [2.75, 3.05) is 0 Å². The van der Waals surface area contributed by atoms with E-state index >= 15 is 0 Å². The lowest BCUT2D eigenvalue weighted by molar-refractivity contribution is 0.572. The van der Waals surface area contributed by atoms with Crippen LogP contribution in [0.5, 0.6) is 0 Å². The summed E-state index contributed by atoms with van der Waals surface area (Å²) in [6.07, 6.45) is 0. The van der Waals surface area contributed by atoms with Crippen molar-refractivity contribution in [1.82, 2.24) is 20.2 Å². The molecule has 0 aliphatic carbocycles. The maximum absolute atomic E-state index is 7.59. The number of hydrogen-bond acceptors (Lipinski definition) is 4. The molecule has 0 aliphatic heterocycles. The first-order valence-electron chi connectivity index (χ1n) is 6.49. The van der Waals surface area contributed by atoms with Crippen molar-refractivity contribution in [1.29, 1.82) is 5.41 Å². The summed E-state index contributed by atoms with van der Waals surface area (Å²) in [6.45, 7) is 0.426. The molecule has 0 atom stereocenters. The van der Waals surface area contributed by atoms with Crippen LogP contribution in [-0.2, 0) is 6.54 Å². The summed E-state index contributed by atoms with van der Waals surface area (Å²) in [5, 5.41) is 20.1. The minimum absolute atomic E-state index is 0.0361. The van der Waals surface area contributed by atoms with Crippen molar-refractivity contribution in [2.45, 2.75) is 6.54 Å². The lowest BCUT2D eigenvalue weighted by Crippen LogP contribution is -2.16. The van der Waals surface area contributed by atoms with Crippen LogP contribution >= 0.6 is 0 Å². The van der Waals surface area contributed by atoms with Crippen LogP contribution in [0.25, 0.3) is 11.4 Å². The lowest BCUT2D eigenvalue weighted by Gasteiger charge is -2.06. The highest BCUT2D eigenvalue weighted by Gasteiger charge is 2.09. The molecule has 21 heavy (non-hydrogen) atoms. The molecule has 6 nitrogen and oxygen atoms in total. The van der Waals surface area contributed by atoms with Gasteiger partial charge in [-0.25, -0.2) is 0 Å². The molecule has 0 amide bonds. The van der Waals surface area contributed by atoms with Crippen LogP contribution in [0.2, 0.25) is 0 Å². The van der Waals surface area contributed by atoms with Crippen molar-refractivity contribution in [3.05, 3.63) is 65.7 Å². The Morgan fingerprint density at radius 2 is 1.76 bits per heavy atom. The number of nitrogens with two attached hydrogens (primary N) is 1. The zero-order valence-corrected chi connectivity index (χ0v) is 11.3. The summed E-state index contributed by atoms with van der Waals surface area (Å²) >= 11 is 0. The summed E-state index contributed by atoms with van der Waals surface area (Å²) in [5.74, 6) is 0.616. The Balaban J connectivity index is 1.87. The third kappa shape index (κ3) is 2.79. The minimum Gasteiger partial charge on any atom is -0.384 e. The molecule has 0 radical (unpaired) electrons. The molecule has 3 rings (SSSR count). The first-order valence-corrected chi connectivity index (χ1v) is 6.49. The summed E-state index contributed by atoms with van der Waals surface area (Å²) < 4.78 is 0. The third-order valence-corrected chi connectivity index (χ3v) is 3.10. The topological polar surface area (TPSA) is 93.5 Å². The van der Waals surface area contributed by atoms with Gasteiger partial charge in [0.2, 0.25) is 5.82 Å². The summed E-state index contributed by atoms with van der Waals surface area (Å²) in [4.78, 5) is 1.50. The number of nitrogens with one attached hydrogen (secondary N) is 1. The molecule has 0 saturated heterocycles. The van der Waals surface area contributed by atoms with Crippen molar-refractivity contribution in [3.63, 3.8) is 0 Å². The number of aromatic nitrogens is 4. The maximum Gasteiger partial charge on any atom is 0.204 e. The highest BCUT2D eigenvalue weighted by molar-refractivity contribution is 5.96. The fourth-order valence-corrected chi connectivity index (χ4v) is 2.09. The van der Waals surface area contributed by atoms with E-state index in [9.17, 15) is 0 Å². The fourth-order valence-electron chi connectivity index (χ4n) is 2.09. The quantitative estimate of drug-likeness (QED) is 0.560. The average Bonchev–Trinajstić information content (AvgIpc) is 2.97. The van der Waals surface area contributed by atoms with Gasteiger partial charge in [-0.3, -0.25) is 5.41 Å². The zero-order valence-electron chi connectivity index (χ0n) is 11.3. The molecule has 1 heterocycles. The van der Waals surface area contributed by atoms with Gasteiger partial charge in [0.05, 0.1) is 6.54 Å². The van der Waals surface area contributed by atoms with Gasteiger partial charge in [-0.1, -0.05) is 54.6 Å². The van der Waals surface area contributed by atoms with E-state index in [1.807, 2.05) is 54.6 Å². The Labute approximate surface area is 121 Å². The van der Waals surface area contributed by atoms with Crippen molar-refractivity contribution in [2.24, 2.45) is 5.73 Å². The second kappa shape index (κ2) is 5.54. The number of rotatable bonds is 4. The molecule has 0 unspecified atom stereocenters. The molecule has 2 aromatic carbocycles. The van der Waals surface area contributed by atoms with Crippen LogP contribution in [0.15, 0.2) is 54.6 Å². The number of tetrazole rings is 1. The van der Waals surface area contributed by atoms with Crippen LogP contribution in [0, 0.1) is 5.41 Å². The van der Waals surface area contributed by atoms with E-state index in [1.54, 1.807) is 0 Å². The molecule has 0 spiro atoms. The summed E-state index contributed by atoms with van der Waals surface area (Å²) in [6, 6.07) is 17.1. The first kappa shape index (κ1) is 13.0. The highest BCUT2D eigenvalue weighted by atomic mass is 15.6.